The molecule has 9 N–H and O–H groups in total. The predicted molar refractivity (Wildman–Crippen MR) is 458 cm³/mol. The van der Waals surface area contributed by atoms with Gasteiger partial charge in [0.2, 0.25) is 31.9 Å². The first-order chi connectivity index (χ1) is 58.3. The maximum Gasteiger partial charge on any atom is 0.407 e. The first-order valence-electron chi connectivity index (χ1n) is 42.4. The molecule has 4 fully saturated rings. The lowest BCUT2D eigenvalue weighted by Crippen LogP contribution is -2.59. The zero-order chi connectivity index (χ0) is 88.0. The number of unbranched alkanes of at least 4 members (excludes halogenated alkanes) is 5. The first kappa shape index (κ1) is 95.6. The largest absolute Gasteiger partial charge is 0.445 e. The highest BCUT2D eigenvalue weighted by atomic mass is 32.2. The summed E-state index contributed by atoms with van der Waals surface area (Å²) < 4.78 is 93.9. The molecule has 11 rings (SSSR count). The predicted octanol–water partition coefficient (Wildman–Crippen LogP) is 10.9. The number of anilines is 2. The molecule has 662 valence electrons. The number of halogens is 2. The molecule has 0 bridgehead atoms. The van der Waals surface area contributed by atoms with Crippen LogP contribution in [0.4, 0.5) is 25.0 Å². The van der Waals surface area contributed by atoms with Crippen molar-refractivity contribution >= 4 is 60.9 Å². The van der Waals surface area contributed by atoms with Crippen molar-refractivity contribution in [2.75, 3.05) is 56.0 Å². The third kappa shape index (κ3) is 26.2. The van der Waals surface area contributed by atoms with E-state index in [-0.39, 0.29) is 67.8 Å². The third-order valence-electron chi connectivity index (χ3n) is 23.9. The second kappa shape index (κ2) is 45.3. The lowest BCUT2D eigenvalue weighted by Gasteiger charge is -2.48. The number of aryl methyl sites for hydroxylation is 4. The molecule has 25 nitrogen and oxygen atoms in total. The molecule has 0 radical (unpaired) electrons. The number of sulfonamides is 2. The summed E-state index contributed by atoms with van der Waals surface area (Å²) in [6, 6.07) is 50.7. The number of β-lactam (4-membered cyclic amide) rings is 2. The Hall–Kier alpha value is -8.63. The summed E-state index contributed by atoms with van der Waals surface area (Å²) >= 11 is 0. The lowest BCUT2D eigenvalue weighted by molar-refractivity contribution is -0.220. The van der Waals surface area contributed by atoms with Crippen LogP contribution in [0.5, 0.6) is 0 Å². The van der Waals surface area contributed by atoms with Gasteiger partial charge in [0.15, 0.2) is 11.6 Å². The van der Waals surface area contributed by atoms with Crippen molar-refractivity contribution in [1.29, 1.82) is 0 Å². The number of aliphatic hydroxyl groups excluding tert-OH is 8. The van der Waals surface area contributed by atoms with Gasteiger partial charge < -0.3 is 70.2 Å². The van der Waals surface area contributed by atoms with Crippen molar-refractivity contribution in [2.45, 2.75) is 234 Å². The molecule has 29 heteroatoms. The molecule has 0 spiro atoms. The van der Waals surface area contributed by atoms with Crippen LogP contribution in [-0.4, -0.2) is 203 Å². The molecule has 122 heavy (non-hydrogen) atoms. The van der Waals surface area contributed by atoms with Crippen molar-refractivity contribution in [3.63, 3.8) is 0 Å². The Bertz CT molecular complexity index is 4740. The van der Waals surface area contributed by atoms with Crippen LogP contribution in [0, 0.1) is 23.5 Å². The molecule has 16 atom stereocenters. The van der Waals surface area contributed by atoms with Crippen molar-refractivity contribution in [3.8, 4) is 0 Å². The second-order valence-corrected chi connectivity index (χ2v) is 36.9. The zero-order valence-corrected chi connectivity index (χ0v) is 71.6. The van der Waals surface area contributed by atoms with E-state index in [1.165, 1.54) is 57.5 Å². The topological polar surface area (TPSA) is 368 Å². The van der Waals surface area contributed by atoms with Crippen molar-refractivity contribution in [1.82, 2.24) is 13.9 Å². The summed E-state index contributed by atoms with van der Waals surface area (Å²) in [5.41, 5.74) is 8.99. The van der Waals surface area contributed by atoms with Gasteiger partial charge in [-0.15, -0.1) is 0 Å². The monoisotopic (exact) mass is 1730 g/mol. The van der Waals surface area contributed by atoms with Gasteiger partial charge in [-0.1, -0.05) is 160 Å². The number of alkyl carbamates (subject to hydrolysis) is 1. The molecule has 0 saturated carbocycles. The van der Waals surface area contributed by atoms with Gasteiger partial charge >= 0.3 is 6.09 Å². The average molecular weight is 1730 g/mol. The fourth-order valence-corrected chi connectivity index (χ4v) is 17.2. The Kier molecular flexibility index (Phi) is 35.5. The summed E-state index contributed by atoms with van der Waals surface area (Å²) in [7, 11) is -3.43. The molecular weight excluding hydrogens is 1610 g/mol. The average Bonchev–Trinajstić information content (AvgIpc) is 0.743. The van der Waals surface area contributed by atoms with Gasteiger partial charge in [0.1, 0.15) is 67.1 Å². The van der Waals surface area contributed by atoms with E-state index in [2.05, 4.69) is 12.2 Å². The van der Waals surface area contributed by atoms with Crippen LogP contribution in [0.25, 0.3) is 0 Å². The zero-order valence-electron chi connectivity index (χ0n) is 70.0. The van der Waals surface area contributed by atoms with Crippen LogP contribution >= 0.6 is 0 Å². The number of carbonyl (C=O) groups excluding carboxylic acids is 5. The standard InChI is InChI=1S/C50H62FN3O11S.C43H57FN2O9S/c1-53(66(2,62)63)31-9-12-33-16-25-39(26-17-33)54-44(40(49(54)60)27-28-41(55)36-21-23-38(51)24-22-36)37-19-14-34(15-20-37)18-29-43-45(57)46(58)47(59)48(65-43)42(56)13-7-4-8-30-52-50(61)64-32-35-10-5-3-6-11-35;1-4-5-6-7-10-36(48)42-41(51)40(50)39(49)37(55-42)26-15-29-11-16-31(17-12-29)38-34(24-25-35(47)30-18-20-32(44)21-19-30)43(52)46(38)33-22-13-28(14-23-33)9-8-27-45(2)56(3,53)54/h3,5-6,10-11,14-17,19-26,40-41,43-48,55,57-59H,4,7-9,12-13,18,27-32H2,1-2H3,(H,52,61);11-14,16-23,34-35,37-42,47,49-51H,4-10,15,24-27H2,1-3H3/t40?,41-,43?,44+,45-,46+,47-,48+;34?,35-,37?,38+,39-,40+,41-,42+/m00/s1. The fraction of sp³-hybridized carbons (Fsp3) is 0.495. The van der Waals surface area contributed by atoms with Crippen molar-refractivity contribution in [3.05, 3.63) is 238 Å². The molecular formula is C93H119F2N5O20S2. The normalized spacial score (nSPS) is 23.5. The third-order valence-corrected chi connectivity index (χ3v) is 26.5. The number of benzene rings is 7. The molecule has 0 aromatic heterocycles. The van der Waals surface area contributed by atoms with Crippen LogP contribution in [0.15, 0.2) is 176 Å². The van der Waals surface area contributed by atoms with Crippen LogP contribution in [-0.2, 0) is 85.7 Å². The van der Waals surface area contributed by atoms with E-state index < -0.39 is 123 Å². The van der Waals surface area contributed by atoms with Crippen LogP contribution in [0.1, 0.15) is 190 Å². The molecule has 7 aromatic rings. The highest BCUT2D eigenvalue weighted by molar-refractivity contribution is 7.88. The highest BCUT2D eigenvalue weighted by Crippen LogP contribution is 2.49. The lowest BCUT2D eigenvalue weighted by atomic mass is 9.78. The van der Waals surface area contributed by atoms with Crippen LogP contribution in [0.2, 0.25) is 0 Å². The maximum atomic E-state index is 13.9. The molecule has 4 heterocycles. The summed E-state index contributed by atoms with van der Waals surface area (Å²) in [4.78, 5) is 69.2. The van der Waals surface area contributed by atoms with E-state index in [0.717, 1.165) is 63.9 Å². The number of aliphatic hydroxyl groups is 8. The van der Waals surface area contributed by atoms with E-state index in [1.54, 1.807) is 36.0 Å². The van der Waals surface area contributed by atoms with Gasteiger partial charge in [0.05, 0.1) is 60.8 Å². The number of ketones is 2. The van der Waals surface area contributed by atoms with E-state index in [0.29, 0.717) is 126 Å². The molecule has 4 aliphatic heterocycles. The van der Waals surface area contributed by atoms with Crippen LogP contribution < -0.4 is 15.1 Å². The minimum atomic E-state index is -3.27. The molecule has 7 aromatic carbocycles. The summed E-state index contributed by atoms with van der Waals surface area (Å²) in [5, 5.41) is 88.6. The Morgan fingerprint density at radius 3 is 1.22 bits per heavy atom. The first-order valence-corrected chi connectivity index (χ1v) is 46.1. The Balaban J connectivity index is 0.000000259. The minimum Gasteiger partial charge on any atom is -0.445 e. The van der Waals surface area contributed by atoms with Gasteiger partial charge in [-0.2, -0.15) is 0 Å². The van der Waals surface area contributed by atoms with E-state index >= 15 is 0 Å². The number of Topliss-reactive ketones (excluding diaryl/α,β-unsaturated/α-hetero) is 2. The Morgan fingerprint density at radius 2 is 0.836 bits per heavy atom. The number of carbonyl (C=O) groups is 5. The number of amides is 3. The number of nitrogens with one attached hydrogen (secondary N) is 1. The Morgan fingerprint density at radius 1 is 0.459 bits per heavy atom. The maximum absolute atomic E-state index is 13.9. The van der Waals surface area contributed by atoms with Crippen LogP contribution in [0.3, 0.4) is 0 Å². The van der Waals surface area contributed by atoms with Gasteiger partial charge in [0.25, 0.3) is 0 Å². The Labute approximate surface area is 714 Å². The minimum absolute atomic E-state index is 0.0773. The molecule has 4 aliphatic rings. The quantitative estimate of drug-likeness (QED) is 0.0127. The van der Waals surface area contributed by atoms with E-state index in [1.807, 2.05) is 127 Å². The van der Waals surface area contributed by atoms with E-state index in [9.17, 15) is 90.4 Å². The number of ether oxygens (including phenoxy) is 3. The smallest absolute Gasteiger partial charge is 0.407 e. The summed E-state index contributed by atoms with van der Waals surface area (Å²) in [5.74, 6) is -2.51. The molecule has 3 amide bonds. The van der Waals surface area contributed by atoms with Gasteiger partial charge in [-0.05, 0) is 195 Å². The second-order valence-electron chi connectivity index (χ2n) is 32.8. The number of hydrogen-bond acceptors (Lipinski definition) is 20. The number of hydrogen-bond donors (Lipinski definition) is 9. The van der Waals surface area contributed by atoms with E-state index in [4.69, 9.17) is 14.2 Å². The fourth-order valence-electron chi connectivity index (χ4n) is 16.2. The SMILES string of the molecule is CCCCCCC(=O)[C@H]1OC(CCc2ccc([C@@H]3C(CC[C@H](O)c4ccc(F)cc4)C(=O)N3c3ccc(CCCN(C)S(C)(=O)=O)cc3)cc2)[C@H](O)[C@@H](O)[C@@H]1O.CN(CCCc1ccc(N2C(=O)C(CC[C@H](O)c3ccc(F)cc3)[C@H]2c2ccc(CCC3O[C@H](C(=O)CCCCCNC(=O)OCc4ccccc4)[C@@H](O)[C@H](O)[C@H]3O)cc2)cc1)S(C)(=O)=O. The molecule has 4 saturated heterocycles. The van der Waals surface area contributed by atoms with Gasteiger partial charge in [-0.25, -0.2) is 39.0 Å². The summed E-state index contributed by atoms with van der Waals surface area (Å²) in [6.45, 7) is 3.38. The van der Waals surface area contributed by atoms with Crippen molar-refractivity contribution in [2.24, 2.45) is 11.8 Å². The number of rotatable bonds is 43. The number of nitrogens with zero attached hydrogens (tertiary/aromatic N) is 4. The highest BCUT2D eigenvalue weighted by Gasteiger charge is 2.51. The summed E-state index contributed by atoms with van der Waals surface area (Å²) in [6.07, 6.45) is -2.18. The van der Waals surface area contributed by atoms with Crippen molar-refractivity contribution < 1.29 is 105 Å². The molecule has 4 unspecified atom stereocenters. The van der Waals surface area contributed by atoms with Gasteiger partial charge in [-0.3, -0.25) is 19.2 Å². The molecule has 0 aliphatic carbocycles. The van der Waals surface area contributed by atoms with Gasteiger partial charge in [0, 0.05) is 57.9 Å².